The predicted octanol–water partition coefficient (Wildman–Crippen LogP) is 1.95. The molecule has 0 aliphatic rings. The maximum absolute atomic E-state index is 12.8. The molecule has 0 spiro atoms. The van der Waals surface area contributed by atoms with Crippen molar-refractivity contribution in [2.24, 2.45) is 0 Å². The van der Waals surface area contributed by atoms with Crippen molar-refractivity contribution in [1.29, 1.82) is 0 Å². The van der Waals surface area contributed by atoms with Gasteiger partial charge in [0.15, 0.2) is 0 Å². The lowest BCUT2D eigenvalue weighted by Crippen LogP contribution is -2.35. The minimum Gasteiger partial charge on any atom is -0.481 e. The molecule has 0 bridgehead atoms. The second-order valence-corrected chi connectivity index (χ2v) is 6.27. The highest BCUT2D eigenvalue weighted by Crippen LogP contribution is 2.52. The van der Waals surface area contributed by atoms with E-state index in [1.165, 1.54) is 0 Å². The van der Waals surface area contributed by atoms with E-state index in [1.807, 2.05) is 27.7 Å². The van der Waals surface area contributed by atoms with Gasteiger partial charge in [0.1, 0.15) is 6.16 Å². The minimum atomic E-state index is -2.93. The number of nitrogens with zero attached hydrogens (tertiary/aromatic N) is 2. The van der Waals surface area contributed by atoms with E-state index < -0.39 is 13.4 Å². The fraction of sp³-hybridized carbons (Fsp3) is 0.900. The maximum atomic E-state index is 12.8. The van der Waals surface area contributed by atoms with E-state index in [0.29, 0.717) is 26.2 Å². The first kappa shape index (κ1) is 15.6. The van der Waals surface area contributed by atoms with E-state index in [-0.39, 0.29) is 6.16 Å². The van der Waals surface area contributed by atoms with Crippen LogP contribution in [0.25, 0.3) is 0 Å². The fourth-order valence-electron chi connectivity index (χ4n) is 1.89. The molecule has 0 aliphatic heterocycles. The van der Waals surface area contributed by atoms with Crippen molar-refractivity contribution in [3.05, 3.63) is 0 Å². The van der Waals surface area contributed by atoms with Crippen molar-refractivity contribution >= 4 is 13.4 Å². The van der Waals surface area contributed by atoms with E-state index in [2.05, 4.69) is 0 Å². The summed E-state index contributed by atoms with van der Waals surface area (Å²) >= 11 is 0. The van der Waals surface area contributed by atoms with E-state index in [4.69, 9.17) is 5.11 Å². The molecule has 0 radical (unpaired) electrons. The van der Waals surface area contributed by atoms with Crippen LogP contribution in [0.15, 0.2) is 0 Å². The number of aliphatic carboxylic acids is 1. The summed E-state index contributed by atoms with van der Waals surface area (Å²) in [4.78, 5) is 10.9. The maximum Gasteiger partial charge on any atom is 0.313 e. The number of carboxylic acids is 1. The standard InChI is InChI=1S/C10H23N2O3P/c1-5-11(6-2)16(15,9-10(13)14)12(7-3)8-4/h5-9H2,1-4H3,(H,13,14). The molecule has 0 saturated heterocycles. The van der Waals surface area contributed by atoms with Crippen LogP contribution in [-0.2, 0) is 9.36 Å². The van der Waals surface area contributed by atoms with Crippen molar-refractivity contribution in [1.82, 2.24) is 9.34 Å². The Bertz CT molecular complexity index is 247. The van der Waals surface area contributed by atoms with Gasteiger partial charge in [0, 0.05) is 26.2 Å². The Morgan fingerprint density at radius 3 is 1.50 bits per heavy atom. The van der Waals surface area contributed by atoms with E-state index >= 15 is 0 Å². The summed E-state index contributed by atoms with van der Waals surface area (Å²) in [5, 5.41) is 8.90. The summed E-state index contributed by atoms with van der Waals surface area (Å²) in [7, 11) is -2.93. The first-order valence-corrected chi connectivity index (χ1v) is 7.57. The second kappa shape index (κ2) is 7.05. The highest BCUT2D eigenvalue weighted by atomic mass is 31.2. The number of hydrogen-bond donors (Lipinski definition) is 1. The van der Waals surface area contributed by atoms with Gasteiger partial charge in [-0.05, 0) is 0 Å². The van der Waals surface area contributed by atoms with E-state index in [9.17, 15) is 9.36 Å². The zero-order valence-electron chi connectivity index (χ0n) is 10.6. The first-order valence-electron chi connectivity index (χ1n) is 5.77. The van der Waals surface area contributed by atoms with Crippen LogP contribution in [0.3, 0.4) is 0 Å². The summed E-state index contributed by atoms with van der Waals surface area (Å²) in [5.41, 5.74) is 0. The molecular formula is C10H23N2O3P. The Morgan fingerprint density at radius 2 is 1.31 bits per heavy atom. The van der Waals surface area contributed by atoms with E-state index in [0.717, 1.165) is 0 Å². The van der Waals surface area contributed by atoms with Gasteiger partial charge in [-0.15, -0.1) is 0 Å². The molecule has 0 aromatic carbocycles. The number of hydrogen-bond acceptors (Lipinski definition) is 2. The van der Waals surface area contributed by atoms with Crippen molar-refractivity contribution in [2.75, 3.05) is 32.3 Å². The molecule has 0 rings (SSSR count). The molecule has 0 amide bonds. The predicted molar refractivity (Wildman–Crippen MR) is 66.0 cm³/mol. The third-order valence-electron chi connectivity index (χ3n) is 2.69. The SMILES string of the molecule is CCN(CC)P(=O)(CC(=O)O)N(CC)CC. The van der Waals surface area contributed by atoms with Crippen molar-refractivity contribution in [3.63, 3.8) is 0 Å². The number of rotatable bonds is 8. The number of carboxylic acid groups (broad SMARTS) is 1. The fourth-order valence-corrected chi connectivity index (χ4v) is 4.76. The zero-order chi connectivity index (χ0) is 12.8. The van der Waals surface area contributed by atoms with Crippen molar-refractivity contribution in [3.8, 4) is 0 Å². The van der Waals surface area contributed by atoms with Gasteiger partial charge in [-0.2, -0.15) is 0 Å². The Labute approximate surface area is 97.9 Å². The molecule has 0 aromatic rings. The molecule has 0 atom stereocenters. The Hall–Kier alpha value is -0.380. The monoisotopic (exact) mass is 250 g/mol. The van der Waals surface area contributed by atoms with Crippen LogP contribution in [0.2, 0.25) is 0 Å². The molecule has 5 nitrogen and oxygen atoms in total. The first-order chi connectivity index (χ1) is 7.46. The van der Waals surface area contributed by atoms with Crippen LogP contribution in [-0.4, -0.2) is 52.8 Å². The van der Waals surface area contributed by atoms with Crippen molar-refractivity contribution in [2.45, 2.75) is 27.7 Å². The molecule has 16 heavy (non-hydrogen) atoms. The minimum absolute atomic E-state index is 0.281. The molecule has 0 aromatic heterocycles. The third-order valence-corrected chi connectivity index (χ3v) is 6.27. The van der Waals surface area contributed by atoms with Gasteiger partial charge in [-0.25, -0.2) is 9.34 Å². The highest BCUT2D eigenvalue weighted by Gasteiger charge is 2.36. The van der Waals surface area contributed by atoms with Gasteiger partial charge < -0.3 is 5.11 Å². The highest BCUT2D eigenvalue weighted by molar-refractivity contribution is 7.60. The van der Waals surface area contributed by atoms with Gasteiger partial charge in [0.05, 0.1) is 0 Å². The molecule has 6 heteroatoms. The molecule has 0 unspecified atom stereocenters. The summed E-state index contributed by atoms with van der Waals surface area (Å²) in [6, 6.07) is 0. The average molecular weight is 250 g/mol. The smallest absolute Gasteiger partial charge is 0.313 e. The largest absolute Gasteiger partial charge is 0.481 e. The van der Waals surface area contributed by atoms with Crippen LogP contribution in [0.4, 0.5) is 0 Å². The Morgan fingerprint density at radius 1 is 1.00 bits per heavy atom. The quantitative estimate of drug-likeness (QED) is 0.667. The molecular weight excluding hydrogens is 227 g/mol. The van der Waals surface area contributed by atoms with E-state index in [1.54, 1.807) is 9.34 Å². The molecule has 0 heterocycles. The molecule has 0 saturated carbocycles. The van der Waals surface area contributed by atoms with Gasteiger partial charge in [-0.3, -0.25) is 9.36 Å². The molecule has 96 valence electrons. The second-order valence-electron chi connectivity index (χ2n) is 3.49. The number of carbonyl (C=O) groups is 1. The lowest BCUT2D eigenvalue weighted by molar-refractivity contribution is -0.134. The van der Waals surface area contributed by atoms with Crippen LogP contribution < -0.4 is 0 Å². The van der Waals surface area contributed by atoms with Crippen LogP contribution in [0.5, 0.6) is 0 Å². The molecule has 0 aliphatic carbocycles. The van der Waals surface area contributed by atoms with Gasteiger partial charge in [-0.1, -0.05) is 27.7 Å². The average Bonchev–Trinajstić information content (AvgIpc) is 2.19. The van der Waals surface area contributed by atoms with Gasteiger partial charge >= 0.3 is 5.97 Å². The van der Waals surface area contributed by atoms with Gasteiger partial charge in [0.2, 0.25) is 7.44 Å². The normalized spacial score (nSPS) is 12.4. The molecule has 1 N–H and O–H groups in total. The topological polar surface area (TPSA) is 60.9 Å². The summed E-state index contributed by atoms with van der Waals surface area (Å²) in [6.45, 7) is 10.1. The third kappa shape index (κ3) is 3.58. The lowest BCUT2D eigenvalue weighted by Gasteiger charge is -2.36. The molecule has 0 fully saturated rings. The van der Waals surface area contributed by atoms with Crippen LogP contribution in [0.1, 0.15) is 27.7 Å². The Kier molecular flexibility index (Phi) is 6.88. The Balaban J connectivity index is 5.14. The summed E-state index contributed by atoms with van der Waals surface area (Å²) < 4.78 is 16.4. The summed E-state index contributed by atoms with van der Waals surface area (Å²) in [6.07, 6.45) is -0.281. The van der Waals surface area contributed by atoms with Crippen LogP contribution >= 0.6 is 7.44 Å². The van der Waals surface area contributed by atoms with Gasteiger partial charge in [0.25, 0.3) is 0 Å². The van der Waals surface area contributed by atoms with Crippen molar-refractivity contribution < 1.29 is 14.5 Å². The summed E-state index contributed by atoms with van der Waals surface area (Å²) in [5.74, 6) is -0.998. The lowest BCUT2D eigenvalue weighted by atomic mass is 10.7. The zero-order valence-corrected chi connectivity index (χ0v) is 11.5. The van der Waals surface area contributed by atoms with Crippen LogP contribution in [0, 0.1) is 0 Å².